The number of halogens is 1. The van der Waals surface area contributed by atoms with Crippen LogP contribution in [0.25, 0.3) is 0 Å². The maximum Gasteiger partial charge on any atom is 0.236 e. The molecule has 4 nitrogen and oxygen atoms in total. The van der Waals surface area contributed by atoms with Gasteiger partial charge in [-0.1, -0.05) is 15.9 Å². The first-order valence-electron chi connectivity index (χ1n) is 5.07. The summed E-state index contributed by atoms with van der Waals surface area (Å²) in [7, 11) is 0. The highest BCUT2D eigenvalue weighted by Crippen LogP contribution is 2.22. The molecule has 1 heterocycles. The zero-order valence-corrected chi connectivity index (χ0v) is 11.0. The van der Waals surface area contributed by atoms with Crippen LogP contribution in [0.1, 0.15) is 20.8 Å². The number of rotatable bonds is 2. The fourth-order valence-corrected chi connectivity index (χ4v) is 2.10. The number of carbonyl (C=O) groups excluding carboxylic acids is 1. The summed E-state index contributed by atoms with van der Waals surface area (Å²) in [5.41, 5.74) is -0.386. The molecule has 1 aliphatic rings. The normalized spacial score (nSPS) is 27.5. The van der Waals surface area contributed by atoms with Crippen LogP contribution in [0.4, 0.5) is 0 Å². The van der Waals surface area contributed by atoms with Crippen molar-refractivity contribution in [2.75, 3.05) is 19.7 Å². The second-order valence-corrected chi connectivity index (χ2v) is 5.89. The van der Waals surface area contributed by atoms with Gasteiger partial charge in [0.2, 0.25) is 5.91 Å². The number of ether oxygens (including phenoxy) is 1. The lowest BCUT2D eigenvalue weighted by atomic mass is 10.1. The molecule has 0 saturated carbocycles. The van der Waals surface area contributed by atoms with Crippen molar-refractivity contribution in [2.45, 2.75) is 37.3 Å². The third kappa shape index (κ3) is 3.43. The molecule has 0 aromatic heterocycles. The smallest absolute Gasteiger partial charge is 0.236 e. The molecule has 0 aromatic carbocycles. The highest BCUT2D eigenvalue weighted by molar-refractivity contribution is 9.10. The van der Waals surface area contributed by atoms with Crippen LogP contribution in [0, 0.1) is 0 Å². The average molecular weight is 280 g/mol. The van der Waals surface area contributed by atoms with E-state index < -0.39 is 0 Å². The molecule has 1 saturated heterocycles. The fourth-order valence-electron chi connectivity index (χ4n) is 1.81. The van der Waals surface area contributed by atoms with Crippen LogP contribution >= 0.6 is 15.9 Å². The Morgan fingerprint density at radius 3 is 2.80 bits per heavy atom. The first kappa shape index (κ1) is 12.9. The second-order valence-electron chi connectivity index (χ2n) is 4.52. The molecule has 1 aliphatic heterocycles. The maximum absolute atomic E-state index is 11.8. The van der Waals surface area contributed by atoms with E-state index in [1.807, 2.05) is 13.8 Å². The molecule has 5 heteroatoms. The zero-order valence-electron chi connectivity index (χ0n) is 9.36. The van der Waals surface area contributed by atoms with E-state index in [0.29, 0.717) is 13.1 Å². The van der Waals surface area contributed by atoms with E-state index in [1.165, 1.54) is 0 Å². The number of hydrogen-bond acceptors (Lipinski definition) is 3. The van der Waals surface area contributed by atoms with E-state index in [0.717, 1.165) is 0 Å². The van der Waals surface area contributed by atoms with Gasteiger partial charge >= 0.3 is 0 Å². The quantitative estimate of drug-likeness (QED) is 0.760. The standard InChI is InChI=1S/C10H18BrNO3/c1-7(11)9(14)12-4-8(5-13)15-10(2,3)6-12/h7-8,13H,4-6H2,1-3H3. The molecule has 1 N–H and O–H groups in total. The molecular weight excluding hydrogens is 262 g/mol. The van der Waals surface area contributed by atoms with Crippen molar-refractivity contribution in [2.24, 2.45) is 0 Å². The SMILES string of the molecule is CC(Br)C(=O)N1CC(CO)OC(C)(C)C1. The van der Waals surface area contributed by atoms with Crippen molar-refractivity contribution in [3.8, 4) is 0 Å². The molecule has 0 radical (unpaired) electrons. The Kier molecular flexibility index (Phi) is 4.14. The lowest BCUT2D eigenvalue weighted by molar-refractivity contribution is -0.166. The fraction of sp³-hybridized carbons (Fsp3) is 0.900. The van der Waals surface area contributed by atoms with E-state index in [4.69, 9.17) is 9.84 Å². The van der Waals surface area contributed by atoms with Crippen LogP contribution < -0.4 is 0 Å². The Bertz CT molecular complexity index is 243. The van der Waals surface area contributed by atoms with Gasteiger partial charge < -0.3 is 14.7 Å². The summed E-state index contributed by atoms with van der Waals surface area (Å²) in [4.78, 5) is 13.3. The summed E-state index contributed by atoms with van der Waals surface area (Å²) in [5, 5.41) is 9.09. The summed E-state index contributed by atoms with van der Waals surface area (Å²) in [5.74, 6) is 0.0461. The molecule has 2 unspecified atom stereocenters. The lowest BCUT2D eigenvalue weighted by Crippen LogP contribution is -2.56. The minimum atomic E-state index is -0.386. The van der Waals surface area contributed by atoms with E-state index >= 15 is 0 Å². The first-order chi connectivity index (χ1) is 6.85. The number of alkyl halides is 1. The minimum Gasteiger partial charge on any atom is -0.394 e. The Hall–Kier alpha value is -0.130. The Labute approximate surface area is 98.7 Å². The third-order valence-corrected chi connectivity index (χ3v) is 2.73. The number of carbonyl (C=O) groups is 1. The summed E-state index contributed by atoms with van der Waals surface area (Å²) < 4.78 is 5.62. The van der Waals surface area contributed by atoms with Gasteiger partial charge in [0.15, 0.2) is 0 Å². The topological polar surface area (TPSA) is 49.8 Å². The van der Waals surface area contributed by atoms with Gasteiger partial charge in [0.05, 0.1) is 23.1 Å². The minimum absolute atomic E-state index is 0.0461. The van der Waals surface area contributed by atoms with Crippen molar-refractivity contribution in [3.05, 3.63) is 0 Å². The number of aliphatic hydroxyl groups excluding tert-OH is 1. The summed E-state index contributed by atoms with van der Waals surface area (Å²) >= 11 is 3.26. The van der Waals surface area contributed by atoms with Gasteiger partial charge in [0.25, 0.3) is 0 Å². The predicted molar refractivity (Wildman–Crippen MR) is 61.0 cm³/mol. The summed E-state index contributed by atoms with van der Waals surface area (Å²) in [6.45, 7) is 6.64. The molecular formula is C10H18BrNO3. The lowest BCUT2D eigenvalue weighted by Gasteiger charge is -2.42. The van der Waals surface area contributed by atoms with Crippen molar-refractivity contribution < 1.29 is 14.6 Å². The molecule has 1 fully saturated rings. The second kappa shape index (κ2) is 4.80. The van der Waals surface area contributed by atoms with Crippen LogP contribution in [-0.2, 0) is 9.53 Å². The molecule has 1 amide bonds. The summed E-state index contributed by atoms with van der Waals surface area (Å²) in [6, 6.07) is 0. The number of aliphatic hydroxyl groups is 1. The molecule has 0 aromatic rings. The van der Waals surface area contributed by atoms with Gasteiger partial charge in [-0.3, -0.25) is 4.79 Å². The molecule has 2 atom stereocenters. The molecule has 1 rings (SSSR count). The maximum atomic E-state index is 11.8. The van der Waals surface area contributed by atoms with Gasteiger partial charge in [-0.25, -0.2) is 0 Å². The van der Waals surface area contributed by atoms with Gasteiger partial charge in [0, 0.05) is 13.1 Å². The van der Waals surface area contributed by atoms with Crippen molar-refractivity contribution in [1.29, 1.82) is 0 Å². The van der Waals surface area contributed by atoms with Crippen LogP contribution in [0.5, 0.6) is 0 Å². The summed E-state index contributed by atoms with van der Waals surface area (Å²) in [6.07, 6.45) is -0.274. The van der Waals surface area contributed by atoms with E-state index in [-0.39, 0.29) is 29.0 Å². The van der Waals surface area contributed by atoms with Gasteiger partial charge in [0.1, 0.15) is 0 Å². The highest BCUT2D eigenvalue weighted by atomic mass is 79.9. The van der Waals surface area contributed by atoms with Crippen molar-refractivity contribution >= 4 is 21.8 Å². The van der Waals surface area contributed by atoms with Crippen LogP contribution in [0.3, 0.4) is 0 Å². The molecule has 15 heavy (non-hydrogen) atoms. The highest BCUT2D eigenvalue weighted by Gasteiger charge is 2.35. The first-order valence-corrected chi connectivity index (χ1v) is 5.99. The van der Waals surface area contributed by atoms with E-state index in [1.54, 1.807) is 11.8 Å². The Balaban J connectivity index is 2.70. The molecule has 88 valence electrons. The third-order valence-electron chi connectivity index (χ3n) is 2.34. The van der Waals surface area contributed by atoms with Crippen LogP contribution in [-0.4, -0.2) is 52.1 Å². The number of morpholine rings is 1. The van der Waals surface area contributed by atoms with E-state index in [9.17, 15) is 4.79 Å². The number of nitrogens with zero attached hydrogens (tertiary/aromatic N) is 1. The zero-order chi connectivity index (χ0) is 11.6. The van der Waals surface area contributed by atoms with Gasteiger partial charge in [-0.2, -0.15) is 0 Å². The molecule has 0 bridgehead atoms. The van der Waals surface area contributed by atoms with Gasteiger partial charge in [-0.05, 0) is 20.8 Å². The van der Waals surface area contributed by atoms with Crippen LogP contribution in [0.2, 0.25) is 0 Å². The Morgan fingerprint density at radius 2 is 2.33 bits per heavy atom. The van der Waals surface area contributed by atoms with Crippen molar-refractivity contribution in [1.82, 2.24) is 4.90 Å². The largest absolute Gasteiger partial charge is 0.394 e. The molecule has 0 aliphatic carbocycles. The van der Waals surface area contributed by atoms with E-state index in [2.05, 4.69) is 15.9 Å². The average Bonchev–Trinajstić information content (AvgIpc) is 2.13. The Morgan fingerprint density at radius 1 is 1.73 bits per heavy atom. The van der Waals surface area contributed by atoms with Crippen molar-refractivity contribution in [3.63, 3.8) is 0 Å². The van der Waals surface area contributed by atoms with Gasteiger partial charge in [-0.15, -0.1) is 0 Å². The number of hydrogen-bond donors (Lipinski definition) is 1. The van der Waals surface area contributed by atoms with Crippen LogP contribution in [0.15, 0.2) is 0 Å². The monoisotopic (exact) mass is 279 g/mol. The number of amides is 1. The molecule has 0 spiro atoms. The predicted octanol–water partition coefficient (Wildman–Crippen LogP) is 0.768.